The Labute approximate surface area is 75.7 Å². The third-order valence-corrected chi connectivity index (χ3v) is 2.27. The van der Waals surface area contributed by atoms with E-state index in [1.165, 1.54) is 44.1 Å². The molecule has 0 bridgehead atoms. The number of allylic oxidation sites excluding steroid dienone is 5. The van der Waals surface area contributed by atoms with Crippen molar-refractivity contribution in [3.8, 4) is 0 Å². The van der Waals surface area contributed by atoms with Gasteiger partial charge in [-0.25, -0.2) is 0 Å². The third kappa shape index (κ3) is 3.56. The average molecular weight is 162 g/mol. The Bertz CT molecular complexity index is 184. The first-order valence-electron chi connectivity index (χ1n) is 4.91. The molecule has 0 aromatic rings. The van der Waals surface area contributed by atoms with Crippen LogP contribution in [0.1, 0.15) is 38.5 Å². The van der Waals surface area contributed by atoms with E-state index < -0.39 is 0 Å². The minimum absolute atomic E-state index is 1.25. The van der Waals surface area contributed by atoms with Crippen molar-refractivity contribution >= 4 is 0 Å². The Morgan fingerprint density at radius 1 is 1.17 bits per heavy atom. The Morgan fingerprint density at radius 2 is 2.00 bits per heavy atom. The average Bonchev–Trinajstić information content (AvgIpc) is 2.02. The van der Waals surface area contributed by atoms with Crippen LogP contribution in [0.3, 0.4) is 0 Å². The predicted molar refractivity (Wildman–Crippen MR) is 55.1 cm³/mol. The van der Waals surface area contributed by atoms with E-state index in [0.29, 0.717) is 0 Å². The second kappa shape index (κ2) is 5.82. The number of hydrogen-bond acceptors (Lipinski definition) is 0. The topological polar surface area (TPSA) is 0 Å². The summed E-state index contributed by atoms with van der Waals surface area (Å²) in [5.74, 6) is 0. The minimum atomic E-state index is 1.25. The minimum Gasteiger partial charge on any atom is -0.0991 e. The molecule has 12 heavy (non-hydrogen) atoms. The fourth-order valence-corrected chi connectivity index (χ4v) is 1.56. The molecule has 1 aliphatic rings. The predicted octanol–water partition coefficient (Wildman–Crippen LogP) is 4.01. The van der Waals surface area contributed by atoms with Gasteiger partial charge in [0, 0.05) is 0 Å². The molecule has 0 spiro atoms. The maximum absolute atomic E-state index is 3.67. The van der Waals surface area contributed by atoms with Crippen LogP contribution in [-0.2, 0) is 0 Å². The van der Waals surface area contributed by atoms with Gasteiger partial charge in [0.15, 0.2) is 0 Å². The van der Waals surface area contributed by atoms with Crippen molar-refractivity contribution in [2.45, 2.75) is 38.5 Å². The Morgan fingerprint density at radius 3 is 2.83 bits per heavy atom. The highest BCUT2D eigenvalue weighted by molar-refractivity contribution is 5.21. The summed E-state index contributed by atoms with van der Waals surface area (Å²) in [4.78, 5) is 0. The van der Waals surface area contributed by atoms with Crippen LogP contribution in [0.15, 0.2) is 36.5 Å². The van der Waals surface area contributed by atoms with Gasteiger partial charge in [-0.1, -0.05) is 49.3 Å². The molecule has 1 rings (SSSR count). The van der Waals surface area contributed by atoms with Crippen molar-refractivity contribution in [1.82, 2.24) is 0 Å². The summed E-state index contributed by atoms with van der Waals surface area (Å²) in [6.07, 6.45) is 16.5. The molecule has 1 aliphatic carbocycles. The molecule has 0 aromatic heterocycles. The first kappa shape index (κ1) is 9.31. The van der Waals surface area contributed by atoms with Crippen LogP contribution in [0.25, 0.3) is 0 Å². The molecule has 66 valence electrons. The zero-order chi connectivity index (χ0) is 8.65. The zero-order valence-electron chi connectivity index (χ0n) is 7.76. The first-order chi connectivity index (χ1) is 5.93. The molecule has 0 amide bonds. The lowest BCUT2D eigenvalue weighted by Crippen LogP contribution is -1.87. The van der Waals surface area contributed by atoms with Crippen molar-refractivity contribution in [3.05, 3.63) is 36.5 Å². The molecule has 0 fully saturated rings. The van der Waals surface area contributed by atoms with Crippen LogP contribution in [0, 0.1) is 0 Å². The molecular weight excluding hydrogens is 144 g/mol. The van der Waals surface area contributed by atoms with E-state index in [0.717, 1.165) is 0 Å². The van der Waals surface area contributed by atoms with E-state index in [1.54, 1.807) is 0 Å². The van der Waals surface area contributed by atoms with Crippen LogP contribution in [-0.4, -0.2) is 0 Å². The van der Waals surface area contributed by atoms with Crippen LogP contribution in [0.4, 0.5) is 0 Å². The van der Waals surface area contributed by atoms with Crippen LogP contribution in [0.5, 0.6) is 0 Å². The van der Waals surface area contributed by atoms with Crippen LogP contribution in [0.2, 0.25) is 0 Å². The first-order valence-corrected chi connectivity index (χ1v) is 4.91. The lowest BCUT2D eigenvalue weighted by atomic mass is 10.00. The second-order valence-electron chi connectivity index (χ2n) is 3.33. The largest absolute Gasteiger partial charge is 0.0991 e. The van der Waals surface area contributed by atoms with Gasteiger partial charge in [-0.3, -0.25) is 0 Å². The van der Waals surface area contributed by atoms with Gasteiger partial charge in [0.05, 0.1) is 0 Å². The van der Waals surface area contributed by atoms with E-state index in [4.69, 9.17) is 0 Å². The summed E-state index contributed by atoms with van der Waals surface area (Å²) < 4.78 is 0. The molecule has 0 heterocycles. The van der Waals surface area contributed by atoms with E-state index in [2.05, 4.69) is 18.7 Å². The Kier molecular flexibility index (Phi) is 4.51. The summed E-state index contributed by atoms with van der Waals surface area (Å²) in [6, 6.07) is 0. The van der Waals surface area contributed by atoms with E-state index in [1.807, 2.05) is 12.2 Å². The SMILES string of the molecule is C=CC=C/C1=C/CCCCCC1. The molecule has 0 saturated heterocycles. The standard InChI is InChI=1S/C12H18/c1-2-3-9-12-10-7-5-4-6-8-11-12/h2-3,9-10H,1,4-8,11H2/b9-3?,12-10-. The van der Waals surface area contributed by atoms with Gasteiger partial charge in [-0.05, 0) is 25.7 Å². The third-order valence-electron chi connectivity index (χ3n) is 2.27. The van der Waals surface area contributed by atoms with Gasteiger partial charge < -0.3 is 0 Å². The highest BCUT2D eigenvalue weighted by Crippen LogP contribution is 2.17. The highest BCUT2D eigenvalue weighted by atomic mass is 14.0. The van der Waals surface area contributed by atoms with Gasteiger partial charge >= 0.3 is 0 Å². The van der Waals surface area contributed by atoms with Crippen molar-refractivity contribution in [1.29, 1.82) is 0 Å². The molecule has 0 aliphatic heterocycles. The van der Waals surface area contributed by atoms with Crippen molar-refractivity contribution < 1.29 is 0 Å². The van der Waals surface area contributed by atoms with E-state index >= 15 is 0 Å². The summed E-state index contributed by atoms with van der Waals surface area (Å²) in [6.45, 7) is 3.67. The van der Waals surface area contributed by atoms with Gasteiger partial charge in [-0.15, -0.1) is 0 Å². The molecular formula is C12H18. The molecule has 0 saturated carbocycles. The number of hydrogen-bond donors (Lipinski definition) is 0. The second-order valence-corrected chi connectivity index (χ2v) is 3.33. The quantitative estimate of drug-likeness (QED) is 0.538. The molecule has 0 aromatic carbocycles. The van der Waals surface area contributed by atoms with Crippen molar-refractivity contribution in [2.24, 2.45) is 0 Å². The summed E-state index contributed by atoms with van der Waals surface area (Å²) >= 11 is 0. The van der Waals surface area contributed by atoms with Crippen molar-refractivity contribution in [3.63, 3.8) is 0 Å². The van der Waals surface area contributed by atoms with Crippen LogP contribution >= 0.6 is 0 Å². The Balaban J connectivity index is 2.46. The molecule has 0 nitrogen and oxygen atoms in total. The highest BCUT2D eigenvalue weighted by Gasteiger charge is 1.97. The van der Waals surface area contributed by atoms with Gasteiger partial charge in [-0.2, -0.15) is 0 Å². The molecule has 0 unspecified atom stereocenters. The molecule has 0 N–H and O–H groups in total. The number of rotatable bonds is 2. The normalized spacial score (nSPS) is 24.2. The lowest BCUT2D eigenvalue weighted by Gasteiger charge is -2.06. The van der Waals surface area contributed by atoms with Crippen molar-refractivity contribution in [2.75, 3.05) is 0 Å². The van der Waals surface area contributed by atoms with E-state index in [-0.39, 0.29) is 0 Å². The summed E-state index contributed by atoms with van der Waals surface area (Å²) in [7, 11) is 0. The van der Waals surface area contributed by atoms with Gasteiger partial charge in [0.2, 0.25) is 0 Å². The molecule has 0 heteroatoms. The van der Waals surface area contributed by atoms with Gasteiger partial charge in [0.1, 0.15) is 0 Å². The van der Waals surface area contributed by atoms with Crippen LogP contribution < -0.4 is 0 Å². The van der Waals surface area contributed by atoms with E-state index in [9.17, 15) is 0 Å². The maximum Gasteiger partial charge on any atom is -0.0282 e. The zero-order valence-corrected chi connectivity index (χ0v) is 7.76. The monoisotopic (exact) mass is 162 g/mol. The summed E-state index contributed by atoms with van der Waals surface area (Å²) in [5, 5.41) is 0. The molecule has 0 radical (unpaired) electrons. The lowest BCUT2D eigenvalue weighted by molar-refractivity contribution is 0.630. The fourth-order valence-electron chi connectivity index (χ4n) is 1.56. The fraction of sp³-hybridized carbons (Fsp3) is 0.500. The maximum atomic E-state index is 3.67. The molecule has 0 atom stereocenters. The smallest absolute Gasteiger partial charge is 0.0282 e. The Hall–Kier alpha value is -0.780. The summed E-state index contributed by atoms with van der Waals surface area (Å²) in [5.41, 5.74) is 1.50. The van der Waals surface area contributed by atoms with Gasteiger partial charge in [0.25, 0.3) is 0 Å².